The molecular formula is C20H22ClN5O. The molecule has 4 rings (SSSR count). The van der Waals surface area contributed by atoms with Gasteiger partial charge in [-0.05, 0) is 37.1 Å². The van der Waals surface area contributed by atoms with Crippen LogP contribution < -0.4 is 5.32 Å². The number of carbonyl (C=O) groups is 1. The zero-order valence-corrected chi connectivity index (χ0v) is 16.1. The number of carbonyl (C=O) groups excluding carboxylic acids is 1. The molecule has 0 aliphatic carbocycles. The van der Waals surface area contributed by atoms with Crippen LogP contribution in [0, 0.1) is 0 Å². The van der Waals surface area contributed by atoms with Gasteiger partial charge in [0.05, 0.1) is 6.20 Å². The van der Waals surface area contributed by atoms with Crippen molar-refractivity contribution < 1.29 is 4.79 Å². The lowest BCUT2D eigenvalue weighted by Crippen LogP contribution is -2.49. The molecule has 27 heavy (non-hydrogen) atoms. The summed E-state index contributed by atoms with van der Waals surface area (Å²) in [7, 11) is 0. The van der Waals surface area contributed by atoms with Gasteiger partial charge in [-0.15, -0.1) is 0 Å². The highest BCUT2D eigenvalue weighted by Gasteiger charge is 2.32. The summed E-state index contributed by atoms with van der Waals surface area (Å²) in [5.41, 5.74) is 2.77. The predicted octanol–water partition coefficient (Wildman–Crippen LogP) is 3.34. The van der Waals surface area contributed by atoms with E-state index in [1.165, 1.54) is 0 Å². The van der Waals surface area contributed by atoms with E-state index in [0.717, 1.165) is 28.7 Å². The maximum Gasteiger partial charge on any atom is 0.242 e. The van der Waals surface area contributed by atoms with Crippen LogP contribution in [0.3, 0.4) is 0 Å². The maximum atomic E-state index is 12.6. The van der Waals surface area contributed by atoms with Gasteiger partial charge >= 0.3 is 0 Å². The molecule has 0 bridgehead atoms. The summed E-state index contributed by atoms with van der Waals surface area (Å²) in [4.78, 5) is 19.4. The Morgan fingerprint density at radius 3 is 2.89 bits per heavy atom. The monoisotopic (exact) mass is 383 g/mol. The van der Waals surface area contributed by atoms with Gasteiger partial charge in [0, 0.05) is 42.3 Å². The third kappa shape index (κ3) is 3.42. The lowest BCUT2D eigenvalue weighted by Gasteiger charge is -2.35. The Labute approximate surface area is 163 Å². The zero-order chi connectivity index (χ0) is 19.0. The summed E-state index contributed by atoms with van der Waals surface area (Å²) >= 11 is 6.37. The fourth-order valence-electron chi connectivity index (χ4n) is 3.60. The zero-order valence-electron chi connectivity index (χ0n) is 15.4. The van der Waals surface area contributed by atoms with E-state index in [0.29, 0.717) is 18.1 Å². The standard InChI is InChI=1S/C20H22ClN5O/c1-13(2)26-19-15(11-24-26)9-14(10-23-19)12-25-8-7-22-20(27)18(25)16-5-3-4-6-17(16)21/h3-6,9-11,13,18H,7-8,12H2,1-2H3,(H,22,27). The van der Waals surface area contributed by atoms with Crippen LogP contribution in [0.4, 0.5) is 0 Å². The molecular weight excluding hydrogens is 362 g/mol. The lowest BCUT2D eigenvalue weighted by atomic mass is 10.0. The Hall–Kier alpha value is -2.44. The van der Waals surface area contributed by atoms with Crippen LogP contribution in [-0.4, -0.2) is 38.7 Å². The Kier molecular flexibility index (Phi) is 4.85. The number of rotatable bonds is 4. The first-order valence-corrected chi connectivity index (χ1v) is 9.50. The van der Waals surface area contributed by atoms with Crippen molar-refractivity contribution in [3.05, 3.63) is 58.9 Å². The molecule has 1 unspecified atom stereocenters. The van der Waals surface area contributed by atoms with Crippen molar-refractivity contribution in [2.75, 3.05) is 13.1 Å². The van der Waals surface area contributed by atoms with Gasteiger partial charge in [0.25, 0.3) is 0 Å². The van der Waals surface area contributed by atoms with E-state index >= 15 is 0 Å². The van der Waals surface area contributed by atoms with E-state index < -0.39 is 6.04 Å². The normalized spacial score (nSPS) is 18.2. The first-order chi connectivity index (χ1) is 13.0. The number of benzene rings is 1. The fourth-order valence-corrected chi connectivity index (χ4v) is 3.84. The molecule has 0 saturated carbocycles. The smallest absolute Gasteiger partial charge is 0.242 e. The number of halogens is 1. The van der Waals surface area contributed by atoms with Crippen molar-refractivity contribution in [1.29, 1.82) is 0 Å². The van der Waals surface area contributed by atoms with Crippen molar-refractivity contribution >= 4 is 28.5 Å². The first-order valence-electron chi connectivity index (χ1n) is 9.13. The number of hydrogen-bond acceptors (Lipinski definition) is 4. The average molecular weight is 384 g/mol. The number of aromatic nitrogens is 3. The predicted molar refractivity (Wildman–Crippen MR) is 106 cm³/mol. The minimum Gasteiger partial charge on any atom is -0.353 e. The van der Waals surface area contributed by atoms with Gasteiger partial charge in [0.15, 0.2) is 5.65 Å². The molecule has 1 aliphatic rings. The van der Waals surface area contributed by atoms with Crippen molar-refractivity contribution in [3.63, 3.8) is 0 Å². The van der Waals surface area contributed by atoms with E-state index in [2.05, 4.69) is 40.2 Å². The van der Waals surface area contributed by atoms with E-state index in [1.807, 2.05) is 41.3 Å². The van der Waals surface area contributed by atoms with E-state index in [4.69, 9.17) is 11.6 Å². The molecule has 1 saturated heterocycles. The van der Waals surface area contributed by atoms with Gasteiger partial charge in [-0.25, -0.2) is 9.67 Å². The molecule has 1 aliphatic heterocycles. The minimum absolute atomic E-state index is 0.0176. The first kappa shape index (κ1) is 17.9. The summed E-state index contributed by atoms with van der Waals surface area (Å²) in [6, 6.07) is 9.49. The Morgan fingerprint density at radius 2 is 2.11 bits per heavy atom. The second-order valence-corrected chi connectivity index (χ2v) is 7.53. The minimum atomic E-state index is -0.401. The van der Waals surface area contributed by atoms with Gasteiger partial charge in [-0.3, -0.25) is 9.69 Å². The van der Waals surface area contributed by atoms with Gasteiger partial charge in [0.1, 0.15) is 6.04 Å². The highest BCUT2D eigenvalue weighted by Crippen LogP contribution is 2.30. The van der Waals surface area contributed by atoms with Crippen LogP contribution in [0.2, 0.25) is 5.02 Å². The van der Waals surface area contributed by atoms with Crippen LogP contribution in [-0.2, 0) is 11.3 Å². The second kappa shape index (κ2) is 7.29. The van der Waals surface area contributed by atoms with Crippen LogP contribution in [0.25, 0.3) is 11.0 Å². The van der Waals surface area contributed by atoms with E-state index in [-0.39, 0.29) is 11.9 Å². The molecule has 3 aromatic rings. The number of nitrogens with zero attached hydrogens (tertiary/aromatic N) is 4. The third-order valence-corrected chi connectivity index (χ3v) is 5.22. The SMILES string of the molecule is CC(C)n1ncc2cc(CN3CCNC(=O)C3c3ccccc3Cl)cnc21. The Balaban J connectivity index is 1.64. The summed E-state index contributed by atoms with van der Waals surface area (Å²) in [6.07, 6.45) is 3.72. The molecule has 6 nitrogen and oxygen atoms in total. The molecule has 2 aromatic heterocycles. The molecule has 1 aromatic carbocycles. The van der Waals surface area contributed by atoms with Crippen LogP contribution in [0.15, 0.2) is 42.7 Å². The van der Waals surface area contributed by atoms with Gasteiger partial charge in [0.2, 0.25) is 5.91 Å². The Morgan fingerprint density at radius 1 is 1.30 bits per heavy atom. The number of amides is 1. The second-order valence-electron chi connectivity index (χ2n) is 7.12. The van der Waals surface area contributed by atoms with Crippen molar-refractivity contribution in [1.82, 2.24) is 25.0 Å². The quantitative estimate of drug-likeness (QED) is 0.750. The number of hydrogen-bond donors (Lipinski definition) is 1. The van der Waals surface area contributed by atoms with Crippen molar-refractivity contribution in [2.45, 2.75) is 32.5 Å². The maximum absolute atomic E-state index is 12.6. The number of fused-ring (bicyclic) bond motifs is 1. The molecule has 0 radical (unpaired) electrons. The lowest BCUT2D eigenvalue weighted by molar-refractivity contribution is -0.129. The molecule has 1 fully saturated rings. The fraction of sp³-hybridized carbons (Fsp3) is 0.350. The average Bonchev–Trinajstić information content (AvgIpc) is 3.06. The molecule has 1 atom stereocenters. The van der Waals surface area contributed by atoms with E-state index in [9.17, 15) is 4.79 Å². The molecule has 3 heterocycles. The van der Waals surface area contributed by atoms with Crippen molar-refractivity contribution in [2.24, 2.45) is 0 Å². The molecule has 1 N–H and O–H groups in total. The largest absolute Gasteiger partial charge is 0.353 e. The molecule has 1 amide bonds. The molecule has 7 heteroatoms. The highest BCUT2D eigenvalue weighted by atomic mass is 35.5. The topological polar surface area (TPSA) is 63.1 Å². The summed E-state index contributed by atoms with van der Waals surface area (Å²) in [5.74, 6) is -0.0176. The summed E-state index contributed by atoms with van der Waals surface area (Å²) in [6.45, 7) is 6.18. The third-order valence-electron chi connectivity index (χ3n) is 4.88. The molecule has 0 spiro atoms. The Bertz CT molecular complexity index is 983. The van der Waals surface area contributed by atoms with Crippen LogP contribution in [0.5, 0.6) is 0 Å². The summed E-state index contributed by atoms with van der Waals surface area (Å²) < 4.78 is 1.92. The number of nitrogens with one attached hydrogen (secondary N) is 1. The highest BCUT2D eigenvalue weighted by molar-refractivity contribution is 6.31. The number of pyridine rings is 1. The molecule has 140 valence electrons. The van der Waals surface area contributed by atoms with Crippen LogP contribution in [0.1, 0.15) is 37.1 Å². The number of piperazine rings is 1. The van der Waals surface area contributed by atoms with Crippen LogP contribution >= 0.6 is 11.6 Å². The van der Waals surface area contributed by atoms with Gasteiger partial charge < -0.3 is 5.32 Å². The van der Waals surface area contributed by atoms with Crippen molar-refractivity contribution in [3.8, 4) is 0 Å². The summed E-state index contributed by atoms with van der Waals surface area (Å²) in [5, 5.41) is 9.00. The van der Waals surface area contributed by atoms with Gasteiger partial charge in [-0.1, -0.05) is 29.8 Å². The van der Waals surface area contributed by atoms with E-state index in [1.54, 1.807) is 0 Å². The van der Waals surface area contributed by atoms with Gasteiger partial charge in [-0.2, -0.15) is 5.10 Å².